The van der Waals surface area contributed by atoms with Gasteiger partial charge in [-0.15, -0.1) is 0 Å². The van der Waals surface area contributed by atoms with Gasteiger partial charge in [-0.25, -0.2) is 4.79 Å². The van der Waals surface area contributed by atoms with E-state index >= 15 is 0 Å². The van der Waals surface area contributed by atoms with E-state index in [0.29, 0.717) is 6.42 Å². The summed E-state index contributed by atoms with van der Waals surface area (Å²) in [6, 6.07) is 0. The second-order valence-electron chi connectivity index (χ2n) is 5.34. The molecule has 0 aromatic carbocycles. The maximum absolute atomic E-state index is 12.3. The summed E-state index contributed by atoms with van der Waals surface area (Å²) in [7, 11) is 0. The minimum atomic E-state index is -1.20. The van der Waals surface area contributed by atoms with E-state index in [0.717, 1.165) is 0 Å². The molecule has 0 unspecified atom stereocenters. The molecule has 25 heavy (non-hydrogen) atoms. The number of aromatic nitrogens is 2. The number of carbonyl (C=O) groups is 2. The summed E-state index contributed by atoms with van der Waals surface area (Å²) in [4.78, 5) is 50.5. The Hall–Kier alpha value is -1.69. The van der Waals surface area contributed by atoms with Crippen molar-refractivity contribution in [3.63, 3.8) is 0 Å². The van der Waals surface area contributed by atoms with Crippen molar-refractivity contribution in [3.8, 4) is 0 Å². The van der Waals surface area contributed by atoms with Crippen molar-refractivity contribution in [2.75, 3.05) is 19.8 Å². The molecule has 1 N–H and O–H groups in total. The Morgan fingerprint density at radius 2 is 1.92 bits per heavy atom. The summed E-state index contributed by atoms with van der Waals surface area (Å²) >= 11 is 1.79. The van der Waals surface area contributed by atoms with Crippen LogP contribution < -0.4 is 11.2 Å². The van der Waals surface area contributed by atoms with Gasteiger partial charge in [0.05, 0.1) is 16.8 Å². The molecule has 0 bridgehead atoms. The van der Waals surface area contributed by atoms with Crippen molar-refractivity contribution in [2.45, 2.75) is 26.5 Å². The van der Waals surface area contributed by atoms with Crippen LogP contribution in [-0.4, -0.2) is 41.3 Å². The van der Waals surface area contributed by atoms with E-state index in [2.05, 4.69) is 4.98 Å². The van der Waals surface area contributed by atoms with Gasteiger partial charge in [0.25, 0.3) is 5.56 Å². The Kier molecular flexibility index (Phi) is 6.76. The van der Waals surface area contributed by atoms with E-state index in [4.69, 9.17) is 14.2 Å². The predicted octanol–water partition coefficient (Wildman–Crippen LogP) is 0.419. The summed E-state index contributed by atoms with van der Waals surface area (Å²) in [6.07, 6.45) is 0.837. The SMILES string of the molecule is CCOC(=O)C(C(=O)OCC)[C@H]1CCO[C@H]1n1cc(I)c(=O)[nH]c1=O. The highest BCUT2D eigenvalue weighted by Gasteiger charge is 2.45. The lowest BCUT2D eigenvalue weighted by atomic mass is 9.89. The Bertz CT molecular complexity index is 739. The van der Waals surface area contributed by atoms with Gasteiger partial charge in [-0.2, -0.15) is 0 Å². The van der Waals surface area contributed by atoms with Gasteiger partial charge in [-0.3, -0.25) is 23.9 Å². The average molecular weight is 466 g/mol. The van der Waals surface area contributed by atoms with Crippen molar-refractivity contribution < 1.29 is 23.8 Å². The van der Waals surface area contributed by atoms with Crippen LogP contribution >= 0.6 is 22.6 Å². The highest BCUT2D eigenvalue weighted by Crippen LogP contribution is 2.36. The maximum atomic E-state index is 12.3. The van der Waals surface area contributed by atoms with Crippen LogP contribution in [0.1, 0.15) is 26.5 Å². The summed E-state index contributed by atoms with van der Waals surface area (Å²) in [6.45, 7) is 3.76. The molecule has 1 aliphatic heterocycles. The molecule has 0 radical (unpaired) electrons. The van der Waals surface area contributed by atoms with E-state index in [1.54, 1.807) is 36.4 Å². The van der Waals surface area contributed by atoms with Crippen molar-refractivity contribution >= 4 is 34.5 Å². The monoisotopic (exact) mass is 466 g/mol. The van der Waals surface area contributed by atoms with Crippen molar-refractivity contribution in [2.24, 2.45) is 11.8 Å². The van der Waals surface area contributed by atoms with Crippen LogP contribution in [0.5, 0.6) is 0 Å². The van der Waals surface area contributed by atoms with E-state index in [1.807, 2.05) is 0 Å². The van der Waals surface area contributed by atoms with Gasteiger partial charge in [0, 0.05) is 18.7 Å². The number of ether oxygens (including phenoxy) is 3. The summed E-state index contributed by atoms with van der Waals surface area (Å²) < 4.78 is 17.1. The molecule has 1 saturated heterocycles. The molecular weight excluding hydrogens is 447 g/mol. The smallest absolute Gasteiger partial charge is 0.330 e. The molecule has 0 saturated carbocycles. The maximum Gasteiger partial charge on any atom is 0.330 e. The Labute approximate surface area is 156 Å². The number of hydrogen-bond acceptors (Lipinski definition) is 7. The van der Waals surface area contributed by atoms with Crippen LogP contribution in [0.25, 0.3) is 0 Å². The van der Waals surface area contributed by atoms with Gasteiger partial charge < -0.3 is 14.2 Å². The zero-order valence-electron chi connectivity index (χ0n) is 13.8. The van der Waals surface area contributed by atoms with Crippen molar-refractivity contribution in [1.82, 2.24) is 9.55 Å². The van der Waals surface area contributed by atoms with E-state index in [-0.39, 0.29) is 23.4 Å². The molecule has 0 aliphatic carbocycles. The van der Waals surface area contributed by atoms with Crippen molar-refractivity contribution in [3.05, 3.63) is 30.6 Å². The molecule has 138 valence electrons. The second-order valence-corrected chi connectivity index (χ2v) is 6.50. The van der Waals surface area contributed by atoms with Gasteiger partial charge in [0.1, 0.15) is 6.23 Å². The fourth-order valence-electron chi connectivity index (χ4n) is 2.77. The van der Waals surface area contributed by atoms with Gasteiger partial charge >= 0.3 is 17.6 Å². The van der Waals surface area contributed by atoms with Crippen LogP contribution in [0.4, 0.5) is 0 Å². The Morgan fingerprint density at radius 1 is 1.32 bits per heavy atom. The normalized spacial score (nSPS) is 19.8. The molecule has 2 heterocycles. The highest BCUT2D eigenvalue weighted by molar-refractivity contribution is 14.1. The second kappa shape index (κ2) is 8.61. The largest absolute Gasteiger partial charge is 0.465 e. The predicted molar refractivity (Wildman–Crippen MR) is 93.9 cm³/mol. The van der Waals surface area contributed by atoms with Gasteiger partial charge in [-0.1, -0.05) is 0 Å². The summed E-state index contributed by atoms with van der Waals surface area (Å²) in [5.74, 6) is -3.27. The number of H-pyrrole nitrogens is 1. The lowest BCUT2D eigenvalue weighted by molar-refractivity contribution is -0.166. The van der Waals surface area contributed by atoms with Gasteiger partial charge in [-0.05, 0) is 42.9 Å². The number of nitrogens with zero attached hydrogens (tertiary/aromatic N) is 1. The third kappa shape index (κ3) is 4.29. The summed E-state index contributed by atoms with van der Waals surface area (Å²) in [5, 5.41) is 0. The lowest BCUT2D eigenvalue weighted by Gasteiger charge is -2.25. The molecule has 9 nitrogen and oxygen atoms in total. The molecule has 1 aromatic heterocycles. The molecular formula is C15H19IN2O7. The lowest BCUT2D eigenvalue weighted by Crippen LogP contribution is -2.41. The van der Waals surface area contributed by atoms with Crippen molar-refractivity contribution in [1.29, 1.82) is 0 Å². The third-order valence-corrected chi connectivity index (χ3v) is 4.58. The molecule has 10 heteroatoms. The minimum Gasteiger partial charge on any atom is -0.465 e. The molecule has 1 aliphatic rings. The number of esters is 2. The first-order valence-corrected chi connectivity index (χ1v) is 8.94. The zero-order valence-corrected chi connectivity index (χ0v) is 16.0. The van der Waals surface area contributed by atoms with Crippen LogP contribution in [0.3, 0.4) is 0 Å². The number of hydrogen-bond donors (Lipinski definition) is 1. The molecule has 2 atom stereocenters. The topological polar surface area (TPSA) is 117 Å². The van der Waals surface area contributed by atoms with Gasteiger partial charge in [0.2, 0.25) is 0 Å². The zero-order chi connectivity index (χ0) is 18.6. The summed E-state index contributed by atoms with van der Waals surface area (Å²) in [5.41, 5.74) is -1.18. The number of carbonyl (C=O) groups excluding carboxylic acids is 2. The van der Waals surface area contributed by atoms with E-state index in [9.17, 15) is 19.2 Å². The fourth-order valence-corrected chi connectivity index (χ4v) is 3.20. The first kappa shape index (κ1) is 19.6. The first-order chi connectivity index (χ1) is 11.9. The molecule has 2 rings (SSSR count). The standard InChI is InChI=1S/C15H19IN2O7/c1-3-23-13(20)10(14(21)24-4-2)8-5-6-25-12(8)18-7-9(16)11(19)17-15(18)22/h7-8,10,12H,3-6H2,1-2H3,(H,17,19,22)/t8-,12-/m1/s1. The fraction of sp³-hybridized carbons (Fsp3) is 0.600. The number of rotatable bonds is 6. The first-order valence-electron chi connectivity index (χ1n) is 7.86. The number of nitrogens with one attached hydrogen (secondary N) is 1. The van der Waals surface area contributed by atoms with E-state index in [1.165, 1.54) is 10.8 Å². The quantitative estimate of drug-likeness (QED) is 0.367. The molecule has 1 fully saturated rings. The molecule has 1 aromatic rings. The number of aromatic amines is 1. The molecule has 0 spiro atoms. The molecule has 0 amide bonds. The van der Waals surface area contributed by atoms with Crippen LogP contribution in [0.15, 0.2) is 15.8 Å². The van der Waals surface area contributed by atoms with Crippen LogP contribution in [0, 0.1) is 15.4 Å². The third-order valence-electron chi connectivity index (χ3n) is 3.81. The Morgan fingerprint density at radius 3 is 2.48 bits per heavy atom. The number of halogens is 1. The Balaban J connectivity index is 2.41. The van der Waals surface area contributed by atoms with E-state index < -0.39 is 41.3 Å². The minimum absolute atomic E-state index is 0.115. The highest BCUT2D eigenvalue weighted by atomic mass is 127. The average Bonchev–Trinajstić information content (AvgIpc) is 3.00. The van der Waals surface area contributed by atoms with Crippen LogP contribution in [-0.2, 0) is 23.8 Å². The van der Waals surface area contributed by atoms with Gasteiger partial charge in [0.15, 0.2) is 5.92 Å². The van der Waals surface area contributed by atoms with Crippen LogP contribution in [0.2, 0.25) is 0 Å².